The zero-order chi connectivity index (χ0) is 20.5. The van der Waals surface area contributed by atoms with Crippen molar-refractivity contribution in [1.82, 2.24) is 19.9 Å². The maximum absolute atomic E-state index is 14.9. The van der Waals surface area contributed by atoms with Crippen LogP contribution in [0.25, 0.3) is 22.4 Å². The summed E-state index contributed by atoms with van der Waals surface area (Å²) < 4.78 is 14.9. The maximum atomic E-state index is 14.9. The van der Waals surface area contributed by atoms with E-state index in [-0.39, 0.29) is 5.82 Å². The van der Waals surface area contributed by atoms with Crippen LogP contribution in [0, 0.1) is 5.82 Å². The molecule has 2 fully saturated rings. The van der Waals surface area contributed by atoms with E-state index in [1.165, 1.54) is 31.8 Å². The lowest BCUT2D eigenvalue weighted by Crippen LogP contribution is -2.51. The molecule has 3 aromatic rings. The highest BCUT2D eigenvalue weighted by molar-refractivity contribution is 5.79. The fourth-order valence-electron chi connectivity index (χ4n) is 4.46. The van der Waals surface area contributed by atoms with E-state index in [1.54, 1.807) is 12.1 Å². The van der Waals surface area contributed by atoms with Crippen molar-refractivity contribution in [2.24, 2.45) is 0 Å². The average molecular weight is 404 g/mol. The van der Waals surface area contributed by atoms with E-state index in [9.17, 15) is 4.39 Å². The van der Waals surface area contributed by atoms with Crippen LogP contribution < -0.4 is 11.2 Å². The fourth-order valence-corrected chi connectivity index (χ4v) is 4.46. The summed E-state index contributed by atoms with van der Waals surface area (Å²) in [6.45, 7) is 4.30. The molecule has 7 heteroatoms. The summed E-state index contributed by atoms with van der Waals surface area (Å²) in [6, 6.07) is 13.9. The van der Waals surface area contributed by atoms with Gasteiger partial charge >= 0.3 is 0 Å². The summed E-state index contributed by atoms with van der Waals surface area (Å²) >= 11 is 0. The molecular weight excluding hydrogens is 379 g/mol. The van der Waals surface area contributed by atoms with Crippen molar-refractivity contribution < 1.29 is 4.39 Å². The van der Waals surface area contributed by atoms with Crippen LogP contribution in [0.1, 0.15) is 12.8 Å². The molecule has 0 saturated carbocycles. The zero-order valence-electron chi connectivity index (χ0n) is 16.8. The standard InChI is InChI=1S/C23H25FN6/c24-20-12-16(7-8-19(20)22-13-27-23(25)14-26-22)18-5-1-2-6-21(18)28-30-11-10-29-9-3-4-17(29)15-30/h1-2,5-8,12-14,17,28H,3-4,9-11,15H2,(H2,25,27). The Balaban J connectivity index is 1.39. The van der Waals surface area contributed by atoms with Crippen molar-refractivity contribution in [3.05, 3.63) is 60.7 Å². The molecule has 1 atom stereocenters. The molecule has 5 rings (SSSR count). The van der Waals surface area contributed by atoms with E-state index in [1.807, 2.05) is 30.3 Å². The minimum absolute atomic E-state index is 0.314. The molecule has 3 heterocycles. The molecule has 2 saturated heterocycles. The number of nitrogens with zero attached hydrogens (tertiary/aromatic N) is 4. The van der Waals surface area contributed by atoms with E-state index in [4.69, 9.17) is 5.73 Å². The van der Waals surface area contributed by atoms with Crippen LogP contribution in [0.5, 0.6) is 0 Å². The first kappa shape index (κ1) is 19.0. The first-order valence-corrected chi connectivity index (χ1v) is 10.4. The Morgan fingerprint density at radius 1 is 1.00 bits per heavy atom. The Labute approximate surface area is 175 Å². The third kappa shape index (κ3) is 3.74. The van der Waals surface area contributed by atoms with Gasteiger partial charge < -0.3 is 11.2 Å². The van der Waals surface area contributed by atoms with Gasteiger partial charge in [-0.05, 0) is 43.1 Å². The lowest BCUT2D eigenvalue weighted by atomic mass is 10.0. The second kappa shape index (κ2) is 8.01. The molecule has 1 aromatic heterocycles. The van der Waals surface area contributed by atoms with Crippen LogP contribution in [-0.2, 0) is 0 Å². The number of nitrogens with two attached hydrogens (primary N) is 1. The Morgan fingerprint density at radius 3 is 2.73 bits per heavy atom. The van der Waals surface area contributed by atoms with Gasteiger partial charge in [-0.25, -0.2) is 14.4 Å². The van der Waals surface area contributed by atoms with Gasteiger partial charge in [-0.3, -0.25) is 9.88 Å². The van der Waals surface area contributed by atoms with Gasteiger partial charge in [0, 0.05) is 36.8 Å². The highest BCUT2D eigenvalue weighted by Crippen LogP contribution is 2.32. The van der Waals surface area contributed by atoms with Gasteiger partial charge in [0.15, 0.2) is 0 Å². The lowest BCUT2D eigenvalue weighted by molar-refractivity contribution is 0.123. The van der Waals surface area contributed by atoms with Crippen LogP contribution >= 0.6 is 0 Å². The predicted molar refractivity (Wildman–Crippen MR) is 117 cm³/mol. The number of hydrazine groups is 1. The number of hydrogen-bond donors (Lipinski definition) is 2. The molecule has 0 amide bonds. The summed E-state index contributed by atoms with van der Waals surface area (Å²) in [7, 11) is 0. The van der Waals surface area contributed by atoms with E-state index in [0.29, 0.717) is 23.1 Å². The second-order valence-electron chi connectivity index (χ2n) is 7.96. The Kier molecular flexibility index (Phi) is 5.06. The number of hydrogen-bond acceptors (Lipinski definition) is 6. The van der Waals surface area contributed by atoms with Crippen molar-refractivity contribution in [2.75, 3.05) is 37.3 Å². The topological polar surface area (TPSA) is 70.3 Å². The quantitative estimate of drug-likeness (QED) is 0.692. The number of rotatable bonds is 4. The number of benzene rings is 2. The number of para-hydroxylation sites is 1. The molecule has 154 valence electrons. The summed E-state index contributed by atoms with van der Waals surface area (Å²) in [5.41, 5.74) is 12.8. The molecule has 30 heavy (non-hydrogen) atoms. The molecular formula is C23H25FN6. The fraction of sp³-hybridized carbons (Fsp3) is 0.304. The van der Waals surface area contributed by atoms with Crippen molar-refractivity contribution >= 4 is 11.5 Å². The van der Waals surface area contributed by atoms with Gasteiger partial charge in [0.2, 0.25) is 0 Å². The summed E-state index contributed by atoms with van der Waals surface area (Å²) in [4.78, 5) is 10.8. The number of aromatic nitrogens is 2. The first-order chi connectivity index (χ1) is 14.7. The van der Waals surface area contributed by atoms with E-state index >= 15 is 0 Å². The molecule has 0 spiro atoms. The number of nitrogens with one attached hydrogen (secondary N) is 1. The number of piperazine rings is 1. The number of fused-ring (bicyclic) bond motifs is 1. The van der Waals surface area contributed by atoms with Gasteiger partial charge in [-0.15, -0.1) is 0 Å². The molecule has 2 aromatic carbocycles. The maximum Gasteiger partial charge on any atom is 0.141 e. The Hall–Kier alpha value is -3.03. The third-order valence-corrected chi connectivity index (χ3v) is 6.02. The molecule has 6 nitrogen and oxygen atoms in total. The van der Waals surface area contributed by atoms with Gasteiger partial charge in [0.25, 0.3) is 0 Å². The zero-order valence-corrected chi connectivity index (χ0v) is 16.8. The smallest absolute Gasteiger partial charge is 0.141 e. The normalized spacial score (nSPS) is 19.6. The number of nitrogen functional groups attached to an aromatic ring is 1. The SMILES string of the molecule is Nc1cnc(-c2ccc(-c3ccccc3NN3CCN4CCCC4C3)cc2F)cn1. The van der Waals surface area contributed by atoms with Crippen LogP contribution in [-0.4, -0.2) is 52.1 Å². The van der Waals surface area contributed by atoms with E-state index < -0.39 is 0 Å². The molecule has 3 N–H and O–H groups in total. The second-order valence-corrected chi connectivity index (χ2v) is 7.96. The molecule has 0 radical (unpaired) electrons. The summed E-state index contributed by atoms with van der Waals surface area (Å²) in [5.74, 6) is -0.0184. The number of anilines is 2. The molecule has 0 aliphatic carbocycles. The predicted octanol–water partition coefficient (Wildman–Crippen LogP) is 3.64. The van der Waals surface area contributed by atoms with E-state index in [2.05, 4.69) is 25.3 Å². The van der Waals surface area contributed by atoms with Crippen LogP contribution in [0.15, 0.2) is 54.9 Å². The monoisotopic (exact) mass is 404 g/mol. The molecule has 2 aliphatic rings. The minimum Gasteiger partial charge on any atom is -0.382 e. The highest BCUT2D eigenvalue weighted by Gasteiger charge is 2.30. The van der Waals surface area contributed by atoms with Gasteiger partial charge in [0.05, 0.1) is 23.8 Å². The number of halogens is 1. The highest BCUT2D eigenvalue weighted by atomic mass is 19.1. The lowest BCUT2D eigenvalue weighted by Gasteiger charge is -2.38. The van der Waals surface area contributed by atoms with Crippen molar-refractivity contribution in [3.8, 4) is 22.4 Å². The Morgan fingerprint density at radius 2 is 1.90 bits per heavy atom. The van der Waals surface area contributed by atoms with Crippen LogP contribution in [0.4, 0.5) is 15.9 Å². The van der Waals surface area contributed by atoms with E-state index in [0.717, 1.165) is 36.4 Å². The first-order valence-electron chi connectivity index (χ1n) is 10.4. The minimum atomic E-state index is -0.332. The van der Waals surface area contributed by atoms with Crippen LogP contribution in [0.3, 0.4) is 0 Å². The van der Waals surface area contributed by atoms with Gasteiger partial charge in [-0.2, -0.15) is 0 Å². The molecule has 1 unspecified atom stereocenters. The average Bonchev–Trinajstić information content (AvgIpc) is 3.23. The van der Waals surface area contributed by atoms with Gasteiger partial charge in [0.1, 0.15) is 11.6 Å². The molecule has 0 bridgehead atoms. The molecule has 2 aliphatic heterocycles. The Bertz CT molecular complexity index is 1040. The van der Waals surface area contributed by atoms with Crippen LogP contribution in [0.2, 0.25) is 0 Å². The van der Waals surface area contributed by atoms with Crippen molar-refractivity contribution in [3.63, 3.8) is 0 Å². The summed E-state index contributed by atoms with van der Waals surface area (Å²) in [6.07, 6.45) is 5.48. The largest absolute Gasteiger partial charge is 0.382 e. The van der Waals surface area contributed by atoms with Crippen molar-refractivity contribution in [1.29, 1.82) is 0 Å². The van der Waals surface area contributed by atoms with Crippen molar-refractivity contribution in [2.45, 2.75) is 18.9 Å². The summed E-state index contributed by atoms with van der Waals surface area (Å²) in [5, 5.41) is 2.29. The third-order valence-electron chi connectivity index (χ3n) is 6.02. The van der Waals surface area contributed by atoms with Gasteiger partial charge in [-0.1, -0.05) is 24.3 Å².